The van der Waals surface area contributed by atoms with Crippen molar-refractivity contribution in [1.29, 1.82) is 0 Å². The Morgan fingerprint density at radius 1 is 0.950 bits per heavy atom. The monoisotopic (exact) mass is 264 g/mol. The lowest BCUT2D eigenvalue weighted by atomic mass is 10.2. The van der Waals surface area contributed by atoms with Gasteiger partial charge in [0.25, 0.3) is 0 Å². The lowest BCUT2D eigenvalue weighted by molar-refractivity contribution is 0.734. The Kier molecular flexibility index (Phi) is 3.46. The predicted octanol–water partition coefficient (Wildman–Crippen LogP) is 4.37. The van der Waals surface area contributed by atoms with E-state index in [-0.39, 0.29) is 0 Å². The van der Waals surface area contributed by atoms with Gasteiger partial charge in [0.1, 0.15) is 0 Å². The van der Waals surface area contributed by atoms with Crippen LogP contribution in [-0.4, -0.2) is 11.1 Å². The highest BCUT2D eigenvalue weighted by molar-refractivity contribution is 5.81. The number of anilines is 1. The third kappa shape index (κ3) is 2.55. The average Bonchev–Trinajstić information content (AvgIpc) is 2.75. The maximum Gasteiger partial charge on any atom is 0.0483 e. The largest absolute Gasteiger partial charge is 0.383 e. The average molecular weight is 264 g/mol. The summed E-state index contributed by atoms with van der Waals surface area (Å²) in [6.07, 6.45) is 0. The van der Waals surface area contributed by atoms with E-state index >= 15 is 0 Å². The Labute approximate surface area is 120 Å². The molecule has 0 unspecified atom stereocenters. The van der Waals surface area contributed by atoms with Crippen molar-refractivity contribution in [3.63, 3.8) is 0 Å². The first-order valence-electron chi connectivity index (χ1n) is 7.09. The van der Waals surface area contributed by atoms with Gasteiger partial charge in [0.15, 0.2) is 0 Å². The summed E-state index contributed by atoms with van der Waals surface area (Å²) in [4.78, 5) is 0. The van der Waals surface area contributed by atoms with E-state index in [1.54, 1.807) is 0 Å². The van der Waals surface area contributed by atoms with Crippen LogP contribution in [0.2, 0.25) is 0 Å². The Bertz CT molecular complexity index is 725. The van der Waals surface area contributed by atoms with Gasteiger partial charge in [0.2, 0.25) is 0 Å². The molecule has 20 heavy (non-hydrogen) atoms. The highest BCUT2D eigenvalue weighted by Gasteiger charge is 2.04. The van der Waals surface area contributed by atoms with Crippen LogP contribution in [0.4, 0.5) is 5.69 Å². The van der Waals surface area contributed by atoms with Gasteiger partial charge in [-0.1, -0.05) is 30.3 Å². The van der Waals surface area contributed by atoms with Crippen molar-refractivity contribution >= 4 is 16.6 Å². The zero-order valence-electron chi connectivity index (χ0n) is 12.1. The molecule has 0 saturated carbocycles. The normalized spacial score (nSPS) is 10.9. The Morgan fingerprint density at radius 2 is 1.80 bits per heavy atom. The molecule has 0 aliphatic carbocycles. The summed E-state index contributed by atoms with van der Waals surface area (Å²) in [6.45, 7) is 6.21. The Morgan fingerprint density at radius 3 is 2.65 bits per heavy atom. The van der Waals surface area contributed by atoms with E-state index in [9.17, 15) is 0 Å². The molecule has 0 fully saturated rings. The first-order valence-corrected chi connectivity index (χ1v) is 7.09. The van der Waals surface area contributed by atoms with Gasteiger partial charge in [-0.2, -0.15) is 0 Å². The molecule has 3 rings (SSSR count). The molecule has 1 aromatic heterocycles. The smallest absolute Gasteiger partial charge is 0.0483 e. The maximum absolute atomic E-state index is 3.49. The van der Waals surface area contributed by atoms with E-state index in [0.29, 0.717) is 0 Å². The minimum atomic E-state index is 0.933. The lowest BCUT2D eigenvalue weighted by Crippen LogP contribution is -2.11. The highest BCUT2D eigenvalue weighted by atomic mass is 15.0. The zero-order valence-corrected chi connectivity index (χ0v) is 12.1. The van der Waals surface area contributed by atoms with Crippen LogP contribution < -0.4 is 5.32 Å². The third-order valence-electron chi connectivity index (χ3n) is 3.70. The van der Waals surface area contributed by atoms with Crippen molar-refractivity contribution in [1.82, 2.24) is 4.57 Å². The van der Waals surface area contributed by atoms with Crippen LogP contribution in [0.5, 0.6) is 0 Å². The van der Waals surface area contributed by atoms with Gasteiger partial charge < -0.3 is 9.88 Å². The van der Waals surface area contributed by atoms with E-state index < -0.39 is 0 Å². The molecule has 2 nitrogen and oxygen atoms in total. The molecule has 0 atom stereocenters. The number of nitrogens with one attached hydrogen (secondary N) is 1. The van der Waals surface area contributed by atoms with E-state index in [1.807, 2.05) is 0 Å². The molecule has 2 heteroatoms. The Balaban J connectivity index is 1.73. The van der Waals surface area contributed by atoms with Crippen LogP contribution in [0.3, 0.4) is 0 Å². The van der Waals surface area contributed by atoms with Crippen molar-refractivity contribution in [2.45, 2.75) is 20.4 Å². The predicted molar refractivity (Wildman–Crippen MR) is 86.3 cm³/mol. The summed E-state index contributed by atoms with van der Waals surface area (Å²) in [5.74, 6) is 0. The quantitative estimate of drug-likeness (QED) is 0.740. The summed E-state index contributed by atoms with van der Waals surface area (Å²) < 4.78 is 2.37. The van der Waals surface area contributed by atoms with Crippen LogP contribution in [0.15, 0.2) is 54.6 Å². The molecule has 0 amide bonds. The maximum atomic E-state index is 3.49. The molecule has 2 aromatic carbocycles. The highest BCUT2D eigenvalue weighted by Crippen LogP contribution is 2.19. The van der Waals surface area contributed by atoms with Gasteiger partial charge in [0, 0.05) is 30.0 Å². The van der Waals surface area contributed by atoms with Gasteiger partial charge in [-0.15, -0.1) is 0 Å². The fraction of sp³-hybridized carbons (Fsp3) is 0.222. The van der Waals surface area contributed by atoms with Gasteiger partial charge in [-0.3, -0.25) is 0 Å². The number of benzene rings is 2. The first kappa shape index (κ1) is 12.8. The number of rotatable bonds is 4. The van der Waals surface area contributed by atoms with Gasteiger partial charge in [-0.25, -0.2) is 0 Å². The molecule has 0 aliphatic heterocycles. The van der Waals surface area contributed by atoms with Crippen LogP contribution in [0, 0.1) is 13.8 Å². The second kappa shape index (κ2) is 5.41. The van der Waals surface area contributed by atoms with Crippen molar-refractivity contribution in [3.05, 3.63) is 65.9 Å². The van der Waals surface area contributed by atoms with Crippen molar-refractivity contribution in [2.24, 2.45) is 0 Å². The molecule has 0 spiro atoms. The van der Waals surface area contributed by atoms with Crippen molar-refractivity contribution in [3.8, 4) is 0 Å². The third-order valence-corrected chi connectivity index (χ3v) is 3.70. The molecule has 0 saturated heterocycles. The van der Waals surface area contributed by atoms with Gasteiger partial charge in [0.05, 0.1) is 0 Å². The van der Waals surface area contributed by atoms with Crippen molar-refractivity contribution in [2.75, 3.05) is 11.9 Å². The van der Waals surface area contributed by atoms with Crippen molar-refractivity contribution < 1.29 is 0 Å². The molecule has 0 aliphatic rings. The summed E-state index contributed by atoms with van der Waals surface area (Å²) >= 11 is 0. The minimum Gasteiger partial charge on any atom is -0.383 e. The topological polar surface area (TPSA) is 17.0 Å². The molecule has 0 radical (unpaired) electrons. The second-order valence-electron chi connectivity index (χ2n) is 5.29. The number of aromatic nitrogens is 1. The number of para-hydroxylation sites is 1. The molecule has 0 bridgehead atoms. The van der Waals surface area contributed by atoms with Crippen LogP contribution >= 0.6 is 0 Å². The number of aryl methyl sites for hydroxylation is 2. The summed E-state index contributed by atoms with van der Waals surface area (Å²) in [6, 6.07) is 19.3. The van der Waals surface area contributed by atoms with Crippen LogP contribution in [-0.2, 0) is 6.54 Å². The summed E-state index contributed by atoms with van der Waals surface area (Å²) in [5.41, 5.74) is 5.12. The number of hydrogen-bond acceptors (Lipinski definition) is 1. The minimum absolute atomic E-state index is 0.933. The molecule has 1 N–H and O–H groups in total. The standard InChI is InChI=1S/C18H20N2/c1-14-6-5-8-17(12-14)19-10-11-20-15(2)13-16-7-3-4-9-18(16)20/h3-9,12-13,19H,10-11H2,1-2H3. The summed E-state index contributed by atoms with van der Waals surface area (Å²) in [7, 11) is 0. The number of nitrogens with zero attached hydrogens (tertiary/aromatic N) is 1. The molecule has 102 valence electrons. The summed E-state index contributed by atoms with van der Waals surface area (Å²) in [5, 5.41) is 4.81. The molecular weight excluding hydrogens is 244 g/mol. The Hall–Kier alpha value is -2.22. The second-order valence-corrected chi connectivity index (χ2v) is 5.29. The first-order chi connectivity index (χ1) is 9.74. The fourth-order valence-corrected chi connectivity index (χ4v) is 2.71. The van der Waals surface area contributed by atoms with Gasteiger partial charge >= 0.3 is 0 Å². The SMILES string of the molecule is Cc1cccc(NCCn2c(C)cc3ccccc32)c1. The van der Waals surface area contributed by atoms with Crippen LogP contribution in [0.25, 0.3) is 10.9 Å². The molecular formula is C18H20N2. The zero-order chi connectivity index (χ0) is 13.9. The van der Waals surface area contributed by atoms with E-state index in [0.717, 1.165) is 13.1 Å². The van der Waals surface area contributed by atoms with Crippen LogP contribution in [0.1, 0.15) is 11.3 Å². The van der Waals surface area contributed by atoms with Gasteiger partial charge in [-0.05, 0) is 49.1 Å². The number of fused-ring (bicyclic) bond motifs is 1. The molecule has 1 heterocycles. The van der Waals surface area contributed by atoms with E-state index in [2.05, 4.69) is 78.3 Å². The lowest BCUT2D eigenvalue weighted by Gasteiger charge is -2.11. The van der Waals surface area contributed by atoms with E-state index in [4.69, 9.17) is 0 Å². The molecule has 3 aromatic rings. The fourth-order valence-electron chi connectivity index (χ4n) is 2.71. The number of hydrogen-bond donors (Lipinski definition) is 1. The van der Waals surface area contributed by atoms with E-state index in [1.165, 1.54) is 27.8 Å².